The topological polar surface area (TPSA) is 15.8 Å². The number of rotatable bonds is 11. The van der Waals surface area contributed by atoms with Crippen molar-refractivity contribution in [2.45, 2.75) is 63.9 Å². The summed E-state index contributed by atoms with van der Waals surface area (Å²) in [7, 11) is 4.31. The molecule has 0 aromatic carbocycles. The Morgan fingerprint density at radius 2 is 1.38 bits per heavy atom. The molecule has 1 fully saturated rings. The van der Waals surface area contributed by atoms with Crippen molar-refractivity contribution in [1.29, 1.82) is 0 Å². The first-order valence-corrected chi connectivity index (χ1v) is 7.05. The summed E-state index contributed by atoms with van der Waals surface area (Å²) in [5.74, 6) is 0. The van der Waals surface area contributed by atoms with Gasteiger partial charge in [-0.2, -0.15) is 0 Å². The van der Waals surface area contributed by atoms with Gasteiger partial charge in [-0.25, -0.2) is 0 Å². The van der Waals surface area contributed by atoms with Gasteiger partial charge in [0.15, 0.2) is 0 Å². The zero-order valence-corrected chi connectivity index (χ0v) is 11.2. The molecule has 1 saturated heterocycles. The van der Waals surface area contributed by atoms with Gasteiger partial charge < -0.3 is 9.64 Å². The number of hydrogen-bond donors (Lipinski definition) is 0. The normalized spacial score (nSPS) is 19.3. The number of ether oxygens (including phenoxy) is 1. The van der Waals surface area contributed by atoms with E-state index in [0.29, 0.717) is 6.10 Å². The molecule has 2 heteroatoms. The molecule has 16 heavy (non-hydrogen) atoms. The Labute approximate surface area is 101 Å². The maximum atomic E-state index is 5.20. The Balaban J connectivity index is 1.64. The molecule has 1 aliphatic rings. The SMILES string of the molecule is CN(C)CCCCCCCCCCC1CO1. The molecule has 1 heterocycles. The van der Waals surface area contributed by atoms with Crippen LogP contribution in [0, 0.1) is 0 Å². The van der Waals surface area contributed by atoms with Crippen LogP contribution in [-0.2, 0) is 4.74 Å². The van der Waals surface area contributed by atoms with Gasteiger partial charge in [-0.3, -0.25) is 0 Å². The molecule has 96 valence electrons. The summed E-state index contributed by atoms with van der Waals surface area (Å²) >= 11 is 0. The first-order chi connectivity index (χ1) is 7.79. The van der Waals surface area contributed by atoms with Gasteiger partial charge in [0.25, 0.3) is 0 Å². The average Bonchev–Trinajstić information content (AvgIpc) is 3.04. The van der Waals surface area contributed by atoms with Gasteiger partial charge in [0.1, 0.15) is 0 Å². The molecule has 0 aromatic heterocycles. The largest absolute Gasteiger partial charge is 0.373 e. The zero-order chi connectivity index (χ0) is 11.6. The second kappa shape index (κ2) is 9.00. The summed E-state index contributed by atoms with van der Waals surface area (Å²) in [6.07, 6.45) is 13.3. The van der Waals surface area contributed by atoms with Gasteiger partial charge in [-0.05, 0) is 33.5 Å². The van der Waals surface area contributed by atoms with Crippen molar-refractivity contribution in [3.8, 4) is 0 Å². The predicted octanol–water partition coefficient (Wildman–Crippen LogP) is 3.46. The quantitative estimate of drug-likeness (QED) is 0.397. The molecule has 0 spiro atoms. The summed E-state index contributed by atoms with van der Waals surface area (Å²) in [5, 5.41) is 0. The highest BCUT2D eigenvalue weighted by atomic mass is 16.6. The lowest BCUT2D eigenvalue weighted by molar-refractivity contribution is 0.384. The first-order valence-electron chi connectivity index (χ1n) is 7.05. The molecular formula is C14H29NO. The van der Waals surface area contributed by atoms with E-state index in [1.165, 1.54) is 64.3 Å². The molecule has 0 aliphatic carbocycles. The fraction of sp³-hybridized carbons (Fsp3) is 1.00. The Morgan fingerprint density at radius 1 is 0.875 bits per heavy atom. The van der Waals surface area contributed by atoms with Crippen LogP contribution in [0.15, 0.2) is 0 Å². The van der Waals surface area contributed by atoms with Gasteiger partial charge in [-0.1, -0.05) is 44.9 Å². The highest BCUT2D eigenvalue weighted by Crippen LogP contribution is 2.18. The number of nitrogens with zero attached hydrogens (tertiary/aromatic N) is 1. The molecule has 0 saturated carbocycles. The van der Waals surface area contributed by atoms with E-state index in [4.69, 9.17) is 4.74 Å². The van der Waals surface area contributed by atoms with Crippen LogP contribution in [0.25, 0.3) is 0 Å². The second-order valence-electron chi connectivity index (χ2n) is 5.38. The van der Waals surface area contributed by atoms with Crippen molar-refractivity contribution in [3.05, 3.63) is 0 Å². The van der Waals surface area contributed by atoms with Crippen molar-refractivity contribution in [1.82, 2.24) is 4.90 Å². The molecule has 1 aliphatic heterocycles. The van der Waals surface area contributed by atoms with Crippen molar-refractivity contribution >= 4 is 0 Å². The van der Waals surface area contributed by atoms with E-state index in [-0.39, 0.29) is 0 Å². The van der Waals surface area contributed by atoms with Gasteiger partial charge >= 0.3 is 0 Å². The van der Waals surface area contributed by atoms with Crippen molar-refractivity contribution in [2.24, 2.45) is 0 Å². The molecule has 1 atom stereocenters. The van der Waals surface area contributed by atoms with Gasteiger partial charge in [-0.15, -0.1) is 0 Å². The smallest absolute Gasteiger partial charge is 0.0810 e. The summed E-state index contributed by atoms with van der Waals surface area (Å²) in [6, 6.07) is 0. The highest BCUT2D eigenvalue weighted by Gasteiger charge is 2.20. The standard InChI is InChI=1S/C14H29NO/c1-15(2)12-10-8-6-4-3-5-7-9-11-14-13-16-14/h14H,3-13H2,1-2H3. The zero-order valence-electron chi connectivity index (χ0n) is 11.2. The molecular weight excluding hydrogens is 198 g/mol. The lowest BCUT2D eigenvalue weighted by atomic mass is 10.1. The summed E-state index contributed by atoms with van der Waals surface area (Å²) in [6.45, 7) is 2.28. The van der Waals surface area contributed by atoms with Crippen molar-refractivity contribution in [2.75, 3.05) is 27.2 Å². The molecule has 0 aromatic rings. The van der Waals surface area contributed by atoms with Gasteiger partial charge in [0.05, 0.1) is 12.7 Å². The molecule has 0 amide bonds. The summed E-state index contributed by atoms with van der Waals surface area (Å²) in [5.41, 5.74) is 0. The average molecular weight is 227 g/mol. The van der Waals surface area contributed by atoms with Crippen LogP contribution in [0.3, 0.4) is 0 Å². The molecule has 0 N–H and O–H groups in total. The first kappa shape index (κ1) is 14.0. The molecule has 0 bridgehead atoms. The summed E-state index contributed by atoms with van der Waals surface area (Å²) in [4.78, 5) is 2.28. The third kappa shape index (κ3) is 9.17. The molecule has 1 unspecified atom stereocenters. The lowest BCUT2D eigenvalue weighted by Crippen LogP contribution is -2.12. The Kier molecular flexibility index (Phi) is 7.87. The minimum atomic E-state index is 0.644. The van der Waals surface area contributed by atoms with Crippen molar-refractivity contribution < 1.29 is 4.74 Å². The van der Waals surface area contributed by atoms with E-state index in [9.17, 15) is 0 Å². The third-order valence-electron chi connectivity index (χ3n) is 3.28. The molecule has 2 nitrogen and oxygen atoms in total. The van der Waals surface area contributed by atoms with E-state index >= 15 is 0 Å². The van der Waals surface area contributed by atoms with Crippen LogP contribution >= 0.6 is 0 Å². The number of hydrogen-bond acceptors (Lipinski definition) is 2. The number of epoxide rings is 1. The lowest BCUT2D eigenvalue weighted by Gasteiger charge is -2.08. The maximum absolute atomic E-state index is 5.20. The van der Waals surface area contributed by atoms with Crippen LogP contribution in [-0.4, -0.2) is 38.3 Å². The van der Waals surface area contributed by atoms with Crippen LogP contribution in [0.4, 0.5) is 0 Å². The van der Waals surface area contributed by atoms with Gasteiger partial charge in [0, 0.05) is 0 Å². The highest BCUT2D eigenvalue weighted by molar-refractivity contribution is 4.68. The van der Waals surface area contributed by atoms with Crippen LogP contribution in [0.5, 0.6) is 0 Å². The van der Waals surface area contributed by atoms with Gasteiger partial charge in [0.2, 0.25) is 0 Å². The molecule has 0 radical (unpaired) electrons. The fourth-order valence-electron chi connectivity index (χ4n) is 2.10. The third-order valence-corrected chi connectivity index (χ3v) is 3.28. The van der Waals surface area contributed by atoms with E-state index in [0.717, 1.165) is 6.61 Å². The predicted molar refractivity (Wildman–Crippen MR) is 69.8 cm³/mol. The van der Waals surface area contributed by atoms with Crippen LogP contribution in [0.2, 0.25) is 0 Å². The Bertz CT molecular complexity index is 145. The second-order valence-corrected chi connectivity index (χ2v) is 5.38. The Hall–Kier alpha value is -0.0800. The fourth-order valence-corrected chi connectivity index (χ4v) is 2.10. The minimum absolute atomic E-state index is 0.644. The Morgan fingerprint density at radius 3 is 1.88 bits per heavy atom. The van der Waals surface area contributed by atoms with E-state index < -0.39 is 0 Å². The maximum Gasteiger partial charge on any atom is 0.0810 e. The van der Waals surface area contributed by atoms with Crippen molar-refractivity contribution in [3.63, 3.8) is 0 Å². The minimum Gasteiger partial charge on any atom is -0.373 e. The van der Waals surface area contributed by atoms with E-state index in [2.05, 4.69) is 19.0 Å². The van der Waals surface area contributed by atoms with E-state index in [1.54, 1.807) is 0 Å². The summed E-state index contributed by atoms with van der Waals surface area (Å²) < 4.78 is 5.20. The van der Waals surface area contributed by atoms with Crippen LogP contribution < -0.4 is 0 Å². The molecule has 1 rings (SSSR count). The monoisotopic (exact) mass is 227 g/mol. The van der Waals surface area contributed by atoms with E-state index in [1.807, 2.05) is 0 Å². The van der Waals surface area contributed by atoms with Crippen LogP contribution in [0.1, 0.15) is 57.8 Å². The number of unbranched alkanes of at least 4 members (excludes halogenated alkanes) is 7.